The Morgan fingerprint density at radius 3 is 2.71 bits per heavy atom. The predicted octanol–water partition coefficient (Wildman–Crippen LogP) is -0.143. The molecule has 0 aromatic carbocycles. The predicted molar refractivity (Wildman–Crippen MR) is 52.2 cm³/mol. The van der Waals surface area contributed by atoms with Crippen molar-refractivity contribution in [1.82, 2.24) is 4.90 Å². The number of piperidine rings is 1. The van der Waals surface area contributed by atoms with Crippen molar-refractivity contribution in [1.29, 1.82) is 0 Å². The van der Waals surface area contributed by atoms with Gasteiger partial charge < -0.3 is 14.6 Å². The average Bonchev–Trinajstić information content (AvgIpc) is 2.15. The summed E-state index contributed by atoms with van der Waals surface area (Å²) in [4.78, 5) is 2.37. The van der Waals surface area contributed by atoms with Crippen molar-refractivity contribution in [2.24, 2.45) is 0 Å². The van der Waals surface area contributed by atoms with Crippen LogP contribution in [0.25, 0.3) is 0 Å². The molecular formula is C10H19NO3. The number of ether oxygens (including phenoxy) is 2. The highest BCUT2D eigenvalue weighted by atomic mass is 16.5. The Bertz CT molecular complexity index is 206. The third-order valence-electron chi connectivity index (χ3n) is 3.42. The highest BCUT2D eigenvalue weighted by Crippen LogP contribution is 2.28. The Kier molecular flexibility index (Phi) is 2.79. The molecule has 0 aromatic rings. The van der Waals surface area contributed by atoms with Crippen LogP contribution in [0.1, 0.15) is 13.3 Å². The summed E-state index contributed by atoms with van der Waals surface area (Å²) < 4.78 is 10.5. The van der Waals surface area contributed by atoms with Gasteiger partial charge in [-0.3, -0.25) is 4.90 Å². The molecule has 0 amide bonds. The van der Waals surface area contributed by atoms with E-state index in [1.807, 2.05) is 0 Å². The first-order valence-corrected chi connectivity index (χ1v) is 5.19. The van der Waals surface area contributed by atoms with Gasteiger partial charge in [0.2, 0.25) is 0 Å². The molecule has 4 nitrogen and oxygen atoms in total. The van der Waals surface area contributed by atoms with Gasteiger partial charge in [0.25, 0.3) is 0 Å². The van der Waals surface area contributed by atoms with Crippen LogP contribution >= 0.6 is 0 Å². The van der Waals surface area contributed by atoms with E-state index in [-0.39, 0.29) is 17.7 Å². The van der Waals surface area contributed by atoms with E-state index in [9.17, 15) is 5.11 Å². The number of aliphatic hydroxyl groups excluding tert-OH is 1. The van der Waals surface area contributed by atoms with Gasteiger partial charge in [-0.2, -0.15) is 0 Å². The minimum atomic E-state index is -0.305. The minimum Gasteiger partial charge on any atom is -0.390 e. The van der Waals surface area contributed by atoms with Gasteiger partial charge >= 0.3 is 0 Å². The quantitative estimate of drug-likeness (QED) is 0.675. The molecule has 1 N–H and O–H groups in total. The second-order valence-corrected chi connectivity index (χ2v) is 4.57. The lowest BCUT2D eigenvalue weighted by Gasteiger charge is -2.50. The first-order chi connectivity index (χ1) is 6.65. The van der Waals surface area contributed by atoms with Crippen molar-refractivity contribution < 1.29 is 14.6 Å². The zero-order valence-electron chi connectivity index (χ0n) is 8.90. The molecule has 0 bridgehead atoms. The first-order valence-electron chi connectivity index (χ1n) is 5.19. The largest absolute Gasteiger partial charge is 0.390 e. The second kappa shape index (κ2) is 3.77. The molecule has 0 saturated carbocycles. The Labute approximate surface area is 84.8 Å². The van der Waals surface area contributed by atoms with Crippen LogP contribution < -0.4 is 0 Å². The van der Waals surface area contributed by atoms with Gasteiger partial charge in [-0.15, -0.1) is 0 Å². The number of likely N-dealkylation sites (tertiary alicyclic amines) is 1. The van der Waals surface area contributed by atoms with Crippen LogP contribution in [0.2, 0.25) is 0 Å². The highest BCUT2D eigenvalue weighted by molar-refractivity contribution is 4.96. The molecule has 2 aliphatic heterocycles. The van der Waals surface area contributed by atoms with Crippen LogP contribution in [0.3, 0.4) is 0 Å². The van der Waals surface area contributed by atoms with Gasteiger partial charge in [-0.1, -0.05) is 0 Å². The maximum atomic E-state index is 9.66. The number of methoxy groups -OCH3 is 1. The standard InChI is InChI=1S/C10H19NO3/c1-10(6-14-7-10)11-4-3-8(12)9(5-11)13-2/h8-9,12H,3-7H2,1-2H3. The van der Waals surface area contributed by atoms with Gasteiger partial charge in [-0.25, -0.2) is 0 Å². The number of rotatable bonds is 2. The Balaban J connectivity index is 1.95. The Morgan fingerprint density at radius 2 is 2.21 bits per heavy atom. The summed E-state index contributed by atoms with van der Waals surface area (Å²) in [5, 5.41) is 9.66. The first kappa shape index (κ1) is 10.4. The van der Waals surface area contributed by atoms with Gasteiger partial charge in [0.15, 0.2) is 0 Å². The van der Waals surface area contributed by atoms with Crippen LogP contribution in [-0.2, 0) is 9.47 Å². The van der Waals surface area contributed by atoms with Crippen molar-refractivity contribution in [2.45, 2.75) is 31.1 Å². The van der Waals surface area contributed by atoms with Gasteiger partial charge in [0, 0.05) is 20.2 Å². The third kappa shape index (κ3) is 1.67. The summed E-state index contributed by atoms with van der Waals surface area (Å²) >= 11 is 0. The molecule has 0 radical (unpaired) electrons. The van der Waals surface area contributed by atoms with Gasteiger partial charge in [-0.05, 0) is 13.3 Å². The smallest absolute Gasteiger partial charge is 0.0957 e. The maximum Gasteiger partial charge on any atom is 0.0957 e. The van der Waals surface area contributed by atoms with Crippen molar-refractivity contribution >= 4 is 0 Å². The lowest BCUT2D eigenvalue weighted by Crippen LogP contribution is -2.64. The Hall–Kier alpha value is -0.160. The molecule has 2 atom stereocenters. The lowest BCUT2D eigenvalue weighted by molar-refractivity contribution is -0.164. The number of nitrogens with zero attached hydrogens (tertiary/aromatic N) is 1. The molecule has 0 aliphatic carbocycles. The summed E-state index contributed by atoms with van der Waals surface area (Å²) in [6.45, 7) is 5.58. The zero-order valence-corrected chi connectivity index (χ0v) is 8.90. The third-order valence-corrected chi connectivity index (χ3v) is 3.42. The van der Waals surface area contributed by atoms with Crippen molar-refractivity contribution in [3.8, 4) is 0 Å². The monoisotopic (exact) mass is 201 g/mol. The second-order valence-electron chi connectivity index (χ2n) is 4.57. The SMILES string of the molecule is COC1CN(C2(C)COC2)CCC1O. The number of hydrogen-bond acceptors (Lipinski definition) is 4. The van der Waals surface area contributed by atoms with Crippen molar-refractivity contribution in [3.05, 3.63) is 0 Å². The van der Waals surface area contributed by atoms with Gasteiger partial charge in [0.05, 0.1) is 31.0 Å². The fraction of sp³-hybridized carbons (Fsp3) is 1.00. The lowest BCUT2D eigenvalue weighted by atomic mass is 9.93. The molecule has 2 unspecified atom stereocenters. The molecule has 4 heteroatoms. The average molecular weight is 201 g/mol. The van der Waals surface area contributed by atoms with E-state index in [0.29, 0.717) is 0 Å². The fourth-order valence-corrected chi connectivity index (χ4v) is 2.21. The van der Waals surface area contributed by atoms with E-state index < -0.39 is 0 Å². The summed E-state index contributed by atoms with van der Waals surface area (Å²) in [7, 11) is 1.66. The van der Waals surface area contributed by atoms with Gasteiger partial charge in [0.1, 0.15) is 0 Å². The van der Waals surface area contributed by atoms with Crippen molar-refractivity contribution in [3.63, 3.8) is 0 Å². The van der Waals surface area contributed by atoms with E-state index in [1.54, 1.807) is 7.11 Å². The molecule has 0 aromatic heterocycles. The molecule has 2 rings (SSSR count). The topological polar surface area (TPSA) is 41.9 Å². The van der Waals surface area contributed by atoms with Crippen LogP contribution in [0.5, 0.6) is 0 Å². The van der Waals surface area contributed by atoms with Crippen LogP contribution in [-0.4, -0.2) is 61.2 Å². The van der Waals surface area contributed by atoms with E-state index in [2.05, 4.69) is 11.8 Å². The summed E-state index contributed by atoms with van der Waals surface area (Å²) in [5.41, 5.74) is 0.178. The van der Waals surface area contributed by atoms with Crippen molar-refractivity contribution in [2.75, 3.05) is 33.4 Å². The zero-order chi connectivity index (χ0) is 10.2. The number of hydrogen-bond donors (Lipinski definition) is 1. The molecule has 2 aliphatic rings. The molecule has 82 valence electrons. The van der Waals surface area contributed by atoms with E-state index >= 15 is 0 Å². The van der Waals surface area contributed by atoms with E-state index in [1.165, 1.54) is 0 Å². The van der Waals surface area contributed by atoms with Crippen LogP contribution in [0.15, 0.2) is 0 Å². The molecule has 2 saturated heterocycles. The molecular weight excluding hydrogens is 182 g/mol. The summed E-state index contributed by atoms with van der Waals surface area (Å²) in [6, 6.07) is 0. The van der Waals surface area contributed by atoms with E-state index in [0.717, 1.165) is 32.7 Å². The van der Waals surface area contributed by atoms with Crippen LogP contribution in [0, 0.1) is 0 Å². The van der Waals surface area contributed by atoms with E-state index in [4.69, 9.17) is 9.47 Å². The Morgan fingerprint density at radius 1 is 1.50 bits per heavy atom. The number of aliphatic hydroxyl groups is 1. The normalized spacial score (nSPS) is 37.9. The molecule has 0 spiro atoms. The summed E-state index contributed by atoms with van der Waals surface area (Å²) in [6.07, 6.45) is 0.454. The molecule has 2 heterocycles. The molecule has 2 fully saturated rings. The highest BCUT2D eigenvalue weighted by Gasteiger charge is 2.43. The maximum absolute atomic E-state index is 9.66. The fourth-order valence-electron chi connectivity index (χ4n) is 2.21. The summed E-state index contributed by atoms with van der Waals surface area (Å²) in [5.74, 6) is 0. The molecule has 14 heavy (non-hydrogen) atoms. The van der Waals surface area contributed by atoms with Crippen LogP contribution in [0.4, 0.5) is 0 Å². The minimum absolute atomic E-state index is 0.0406.